The van der Waals surface area contributed by atoms with Crippen LogP contribution in [-0.2, 0) is 17.6 Å². The molecule has 3 heteroatoms. The maximum atomic E-state index is 12.0. The average molecular weight is 232 g/mol. The van der Waals surface area contributed by atoms with E-state index in [0.29, 0.717) is 6.54 Å². The van der Waals surface area contributed by atoms with Gasteiger partial charge in [0.05, 0.1) is 0 Å². The Morgan fingerprint density at radius 1 is 1.41 bits per heavy atom. The second kappa shape index (κ2) is 5.32. The molecule has 1 atom stereocenters. The fourth-order valence-electron chi connectivity index (χ4n) is 2.26. The van der Waals surface area contributed by atoms with Crippen LogP contribution in [0.1, 0.15) is 24.5 Å². The minimum Gasteiger partial charge on any atom is -0.354 e. The van der Waals surface area contributed by atoms with Crippen LogP contribution in [0.25, 0.3) is 0 Å². The highest BCUT2D eigenvalue weighted by Gasteiger charge is 2.26. The lowest BCUT2D eigenvalue weighted by Gasteiger charge is -2.13. The summed E-state index contributed by atoms with van der Waals surface area (Å²) in [6, 6.07) is 8.36. The molecule has 0 aromatic heterocycles. The molecule has 1 unspecified atom stereocenters. The maximum Gasteiger partial charge on any atom is 0.223 e. The second-order valence-corrected chi connectivity index (χ2v) is 4.79. The lowest BCUT2D eigenvalue weighted by atomic mass is 10.1. The quantitative estimate of drug-likeness (QED) is 0.821. The molecule has 1 amide bonds. The zero-order valence-corrected chi connectivity index (χ0v) is 10.3. The topological polar surface area (TPSA) is 55.1 Å². The number of amides is 1. The summed E-state index contributed by atoms with van der Waals surface area (Å²) in [4.78, 5) is 12.0. The van der Waals surface area contributed by atoms with Gasteiger partial charge in [-0.25, -0.2) is 0 Å². The number of hydrogen-bond donors (Lipinski definition) is 2. The number of carbonyl (C=O) groups is 1. The van der Waals surface area contributed by atoms with Gasteiger partial charge in [0.15, 0.2) is 0 Å². The summed E-state index contributed by atoms with van der Waals surface area (Å²) in [5.41, 5.74) is 8.41. The van der Waals surface area contributed by atoms with Crippen LogP contribution in [0.5, 0.6) is 0 Å². The van der Waals surface area contributed by atoms with E-state index >= 15 is 0 Å². The van der Waals surface area contributed by atoms with Gasteiger partial charge in [0.2, 0.25) is 5.91 Å². The van der Waals surface area contributed by atoms with E-state index in [0.717, 1.165) is 19.3 Å². The molecule has 1 aromatic rings. The fraction of sp³-hybridized carbons (Fsp3) is 0.500. The Kier molecular flexibility index (Phi) is 3.79. The molecule has 0 saturated heterocycles. The number of hydrogen-bond acceptors (Lipinski definition) is 2. The molecule has 1 aromatic carbocycles. The Hall–Kier alpha value is -1.35. The second-order valence-electron chi connectivity index (χ2n) is 4.79. The number of benzene rings is 1. The average Bonchev–Trinajstić information content (AvgIpc) is 2.79. The van der Waals surface area contributed by atoms with Crippen LogP contribution in [0, 0.1) is 5.92 Å². The molecule has 0 spiro atoms. The third-order valence-corrected chi connectivity index (χ3v) is 3.48. The van der Waals surface area contributed by atoms with Crippen molar-refractivity contribution in [3.63, 3.8) is 0 Å². The van der Waals surface area contributed by atoms with Crippen molar-refractivity contribution in [1.29, 1.82) is 0 Å². The predicted octanol–water partition coefficient (Wildman–Crippen LogP) is 1.25. The van der Waals surface area contributed by atoms with Crippen molar-refractivity contribution < 1.29 is 4.79 Å². The van der Waals surface area contributed by atoms with E-state index in [4.69, 9.17) is 5.73 Å². The van der Waals surface area contributed by atoms with E-state index in [9.17, 15) is 4.79 Å². The van der Waals surface area contributed by atoms with Crippen LogP contribution >= 0.6 is 0 Å². The van der Waals surface area contributed by atoms with Crippen molar-refractivity contribution in [2.24, 2.45) is 11.7 Å². The monoisotopic (exact) mass is 232 g/mol. The molecule has 3 nitrogen and oxygen atoms in total. The molecule has 0 saturated carbocycles. The van der Waals surface area contributed by atoms with Crippen LogP contribution in [0.4, 0.5) is 0 Å². The van der Waals surface area contributed by atoms with Gasteiger partial charge in [-0.2, -0.15) is 0 Å². The Morgan fingerprint density at radius 2 is 2.00 bits per heavy atom. The van der Waals surface area contributed by atoms with Gasteiger partial charge in [-0.3, -0.25) is 4.79 Å². The molecule has 0 bridgehead atoms. The standard InChI is InChI=1S/C14H20N2O/c1-2-13(15)9-16-14(17)12-7-10-5-3-4-6-11(10)8-12/h3-6,12-13H,2,7-9,15H2,1H3,(H,16,17). The van der Waals surface area contributed by atoms with Crippen LogP contribution in [0.2, 0.25) is 0 Å². The van der Waals surface area contributed by atoms with E-state index in [1.54, 1.807) is 0 Å². The largest absolute Gasteiger partial charge is 0.354 e. The molecule has 0 radical (unpaired) electrons. The number of nitrogens with two attached hydrogens (primary N) is 1. The van der Waals surface area contributed by atoms with Gasteiger partial charge in [0.25, 0.3) is 0 Å². The lowest BCUT2D eigenvalue weighted by molar-refractivity contribution is -0.124. The first-order chi connectivity index (χ1) is 8.20. The van der Waals surface area contributed by atoms with Gasteiger partial charge in [-0.1, -0.05) is 31.2 Å². The molecule has 0 aliphatic heterocycles. The van der Waals surface area contributed by atoms with E-state index in [-0.39, 0.29) is 17.9 Å². The van der Waals surface area contributed by atoms with Crippen molar-refractivity contribution in [2.75, 3.05) is 6.54 Å². The number of fused-ring (bicyclic) bond motifs is 1. The highest BCUT2D eigenvalue weighted by Crippen LogP contribution is 2.26. The van der Waals surface area contributed by atoms with Crippen LogP contribution < -0.4 is 11.1 Å². The summed E-state index contributed by atoms with van der Waals surface area (Å²) in [6.45, 7) is 2.62. The Bertz CT molecular complexity index is 378. The first-order valence-electron chi connectivity index (χ1n) is 6.30. The van der Waals surface area contributed by atoms with Gasteiger partial charge in [-0.05, 0) is 30.4 Å². The van der Waals surface area contributed by atoms with E-state index in [1.165, 1.54) is 11.1 Å². The highest BCUT2D eigenvalue weighted by molar-refractivity contribution is 5.80. The first kappa shape index (κ1) is 12.1. The fourth-order valence-corrected chi connectivity index (χ4v) is 2.26. The SMILES string of the molecule is CCC(N)CNC(=O)C1Cc2ccccc2C1. The molecule has 1 aliphatic rings. The van der Waals surface area contributed by atoms with Crippen molar-refractivity contribution in [3.05, 3.63) is 35.4 Å². The Balaban J connectivity index is 1.88. The third kappa shape index (κ3) is 2.86. The molecule has 17 heavy (non-hydrogen) atoms. The van der Waals surface area contributed by atoms with Gasteiger partial charge in [0, 0.05) is 18.5 Å². The van der Waals surface area contributed by atoms with E-state index in [1.807, 2.05) is 19.1 Å². The molecule has 2 rings (SSSR count). The normalized spacial score (nSPS) is 16.6. The summed E-state index contributed by atoms with van der Waals surface area (Å²) >= 11 is 0. The van der Waals surface area contributed by atoms with Crippen molar-refractivity contribution in [1.82, 2.24) is 5.32 Å². The molecule has 0 fully saturated rings. The van der Waals surface area contributed by atoms with Crippen LogP contribution in [0.3, 0.4) is 0 Å². The summed E-state index contributed by atoms with van der Waals surface area (Å²) in [5, 5.41) is 2.95. The van der Waals surface area contributed by atoms with Crippen LogP contribution in [-0.4, -0.2) is 18.5 Å². The van der Waals surface area contributed by atoms with Gasteiger partial charge in [0.1, 0.15) is 0 Å². The maximum absolute atomic E-state index is 12.0. The summed E-state index contributed by atoms with van der Waals surface area (Å²) in [6.07, 6.45) is 2.62. The lowest BCUT2D eigenvalue weighted by Crippen LogP contribution is -2.39. The molecule has 1 aliphatic carbocycles. The first-order valence-corrected chi connectivity index (χ1v) is 6.30. The highest BCUT2D eigenvalue weighted by atomic mass is 16.1. The molecule has 0 heterocycles. The number of nitrogens with one attached hydrogen (secondary N) is 1. The number of rotatable bonds is 4. The van der Waals surface area contributed by atoms with Crippen molar-refractivity contribution in [3.8, 4) is 0 Å². The number of carbonyl (C=O) groups excluding carboxylic acids is 1. The molecular formula is C14H20N2O. The minimum absolute atomic E-state index is 0.0720. The summed E-state index contributed by atoms with van der Waals surface area (Å²) in [7, 11) is 0. The van der Waals surface area contributed by atoms with Crippen molar-refractivity contribution in [2.45, 2.75) is 32.2 Å². The van der Waals surface area contributed by atoms with Crippen LogP contribution in [0.15, 0.2) is 24.3 Å². The molecule has 92 valence electrons. The zero-order chi connectivity index (χ0) is 12.3. The smallest absolute Gasteiger partial charge is 0.223 e. The zero-order valence-electron chi connectivity index (χ0n) is 10.3. The molecule has 3 N–H and O–H groups in total. The predicted molar refractivity (Wildman–Crippen MR) is 68.6 cm³/mol. The van der Waals surface area contributed by atoms with Gasteiger partial charge < -0.3 is 11.1 Å². The summed E-state index contributed by atoms with van der Waals surface area (Å²) in [5.74, 6) is 0.238. The van der Waals surface area contributed by atoms with Gasteiger partial charge >= 0.3 is 0 Å². The van der Waals surface area contributed by atoms with E-state index < -0.39 is 0 Å². The van der Waals surface area contributed by atoms with Gasteiger partial charge in [-0.15, -0.1) is 0 Å². The minimum atomic E-state index is 0.0720. The van der Waals surface area contributed by atoms with Crippen molar-refractivity contribution >= 4 is 5.91 Å². The molecular weight excluding hydrogens is 212 g/mol. The Morgan fingerprint density at radius 3 is 2.53 bits per heavy atom. The summed E-state index contributed by atoms with van der Waals surface area (Å²) < 4.78 is 0. The third-order valence-electron chi connectivity index (χ3n) is 3.48. The van der Waals surface area contributed by atoms with E-state index in [2.05, 4.69) is 17.4 Å². The Labute approximate surface area is 102 Å².